The second-order valence-corrected chi connectivity index (χ2v) is 6.98. The fraction of sp³-hybridized carbons (Fsp3) is 0.667. The van der Waals surface area contributed by atoms with Crippen LogP contribution in [0.5, 0.6) is 0 Å². The molecule has 1 unspecified atom stereocenters. The Balaban J connectivity index is 2.96. The number of hydrogen-bond donors (Lipinski definition) is 1. The Morgan fingerprint density at radius 1 is 1.14 bits per heavy atom. The Bertz CT molecular complexity index is 413. The van der Waals surface area contributed by atoms with Crippen LogP contribution < -0.4 is 5.32 Å². The summed E-state index contributed by atoms with van der Waals surface area (Å²) >= 11 is 3.69. The van der Waals surface area contributed by atoms with Crippen LogP contribution in [-0.2, 0) is 6.42 Å². The van der Waals surface area contributed by atoms with Crippen molar-refractivity contribution >= 4 is 15.9 Å². The minimum atomic E-state index is 0.133. The van der Waals surface area contributed by atoms with Crippen LogP contribution in [0, 0.1) is 0 Å². The summed E-state index contributed by atoms with van der Waals surface area (Å²) in [5.74, 6) is 0. The van der Waals surface area contributed by atoms with Crippen molar-refractivity contribution in [2.75, 3.05) is 19.6 Å². The maximum absolute atomic E-state index is 3.77. The van der Waals surface area contributed by atoms with Gasteiger partial charge in [-0.3, -0.25) is 4.90 Å². The fourth-order valence-corrected chi connectivity index (χ4v) is 3.48. The van der Waals surface area contributed by atoms with Gasteiger partial charge in [-0.15, -0.1) is 0 Å². The van der Waals surface area contributed by atoms with Crippen LogP contribution in [-0.4, -0.2) is 36.1 Å². The van der Waals surface area contributed by atoms with E-state index in [-0.39, 0.29) is 5.54 Å². The molecular weight excluding hydrogens is 324 g/mol. The van der Waals surface area contributed by atoms with Gasteiger partial charge < -0.3 is 5.32 Å². The topological polar surface area (TPSA) is 15.3 Å². The summed E-state index contributed by atoms with van der Waals surface area (Å²) in [6.07, 6.45) is 2.21. The number of hydrogen-bond acceptors (Lipinski definition) is 2. The highest BCUT2D eigenvalue weighted by molar-refractivity contribution is 9.10. The minimum Gasteiger partial charge on any atom is -0.312 e. The third kappa shape index (κ3) is 5.08. The van der Waals surface area contributed by atoms with Crippen LogP contribution in [0.4, 0.5) is 0 Å². The standard InChI is InChI=1S/C18H31BrN2/c1-6-13-20-17(18(4,5)21(7-2)8-3)14-15-11-9-10-12-16(15)19/h9-12,17,20H,6-8,13-14H2,1-5H3. The van der Waals surface area contributed by atoms with Crippen molar-refractivity contribution in [1.82, 2.24) is 10.2 Å². The Morgan fingerprint density at radius 2 is 1.76 bits per heavy atom. The van der Waals surface area contributed by atoms with Crippen molar-refractivity contribution in [2.45, 2.75) is 59.0 Å². The lowest BCUT2D eigenvalue weighted by atomic mass is 9.87. The molecule has 0 spiro atoms. The molecule has 1 atom stereocenters. The molecule has 0 amide bonds. The molecule has 120 valence electrons. The highest BCUT2D eigenvalue weighted by Crippen LogP contribution is 2.25. The van der Waals surface area contributed by atoms with Crippen molar-refractivity contribution in [1.29, 1.82) is 0 Å². The third-order valence-corrected chi connectivity index (χ3v) is 5.23. The summed E-state index contributed by atoms with van der Waals surface area (Å²) in [6.45, 7) is 14.7. The monoisotopic (exact) mass is 354 g/mol. The molecule has 0 saturated heterocycles. The first kappa shape index (κ1) is 18.7. The molecule has 2 nitrogen and oxygen atoms in total. The van der Waals surface area contributed by atoms with Crippen molar-refractivity contribution in [3.63, 3.8) is 0 Å². The molecule has 0 radical (unpaired) electrons. The smallest absolute Gasteiger partial charge is 0.0309 e. The van der Waals surface area contributed by atoms with Crippen molar-refractivity contribution in [3.8, 4) is 0 Å². The zero-order valence-corrected chi connectivity index (χ0v) is 15.8. The fourth-order valence-electron chi connectivity index (χ4n) is 3.03. The van der Waals surface area contributed by atoms with Gasteiger partial charge in [0.05, 0.1) is 0 Å². The second-order valence-electron chi connectivity index (χ2n) is 6.13. The number of nitrogens with zero attached hydrogens (tertiary/aromatic N) is 1. The van der Waals surface area contributed by atoms with Crippen molar-refractivity contribution in [2.24, 2.45) is 0 Å². The predicted octanol–water partition coefficient (Wildman–Crippen LogP) is 4.48. The van der Waals surface area contributed by atoms with Gasteiger partial charge in [0.15, 0.2) is 0 Å². The van der Waals surface area contributed by atoms with Crippen molar-refractivity contribution in [3.05, 3.63) is 34.3 Å². The number of halogens is 1. The lowest BCUT2D eigenvalue weighted by molar-refractivity contribution is 0.0911. The molecule has 0 fully saturated rings. The van der Waals surface area contributed by atoms with E-state index in [0.29, 0.717) is 6.04 Å². The van der Waals surface area contributed by atoms with Crippen LogP contribution in [0.2, 0.25) is 0 Å². The summed E-state index contributed by atoms with van der Waals surface area (Å²) in [4.78, 5) is 2.55. The molecule has 0 aliphatic carbocycles. The van der Waals surface area contributed by atoms with Crippen molar-refractivity contribution < 1.29 is 0 Å². The van der Waals surface area contributed by atoms with E-state index in [0.717, 1.165) is 26.1 Å². The normalized spacial score (nSPS) is 13.7. The maximum Gasteiger partial charge on any atom is 0.0309 e. The van der Waals surface area contributed by atoms with Crippen LogP contribution in [0.25, 0.3) is 0 Å². The van der Waals surface area contributed by atoms with Gasteiger partial charge >= 0.3 is 0 Å². The van der Waals surface area contributed by atoms with Gasteiger partial charge in [0.1, 0.15) is 0 Å². The summed E-state index contributed by atoms with van der Waals surface area (Å²) in [7, 11) is 0. The molecule has 1 rings (SSSR count). The summed E-state index contributed by atoms with van der Waals surface area (Å²) in [6, 6.07) is 9.01. The third-order valence-electron chi connectivity index (χ3n) is 4.45. The van der Waals surface area contributed by atoms with E-state index in [1.54, 1.807) is 0 Å². The Kier molecular flexibility index (Phi) is 7.93. The first-order chi connectivity index (χ1) is 9.97. The molecule has 3 heteroatoms. The quantitative estimate of drug-likeness (QED) is 0.703. The lowest BCUT2D eigenvalue weighted by Gasteiger charge is -2.44. The Morgan fingerprint density at radius 3 is 2.29 bits per heavy atom. The summed E-state index contributed by atoms with van der Waals surface area (Å²) < 4.78 is 1.21. The highest BCUT2D eigenvalue weighted by atomic mass is 79.9. The molecule has 1 aromatic carbocycles. The Hall–Kier alpha value is -0.380. The van der Waals surface area contributed by atoms with Gasteiger partial charge in [-0.2, -0.15) is 0 Å². The number of nitrogens with one attached hydrogen (secondary N) is 1. The van der Waals surface area contributed by atoms with E-state index in [4.69, 9.17) is 0 Å². The molecular formula is C18H31BrN2. The number of benzene rings is 1. The van der Waals surface area contributed by atoms with Gasteiger partial charge in [-0.25, -0.2) is 0 Å². The first-order valence-electron chi connectivity index (χ1n) is 8.19. The zero-order valence-electron chi connectivity index (χ0n) is 14.2. The zero-order chi connectivity index (χ0) is 15.9. The van der Waals surface area contributed by atoms with Gasteiger partial charge in [-0.1, -0.05) is 54.9 Å². The van der Waals surface area contributed by atoms with E-state index >= 15 is 0 Å². The largest absolute Gasteiger partial charge is 0.312 e. The molecule has 0 saturated carbocycles. The van der Waals surface area contributed by atoms with Crippen LogP contribution in [0.15, 0.2) is 28.7 Å². The molecule has 0 aliphatic heterocycles. The van der Waals surface area contributed by atoms with E-state index in [2.05, 4.69) is 85.0 Å². The summed E-state index contributed by atoms with van der Waals surface area (Å²) in [5.41, 5.74) is 1.51. The van der Waals surface area contributed by atoms with Gasteiger partial charge in [-0.05, 0) is 58.0 Å². The number of likely N-dealkylation sites (N-methyl/N-ethyl adjacent to an activating group) is 1. The van der Waals surface area contributed by atoms with Crippen LogP contribution >= 0.6 is 15.9 Å². The molecule has 21 heavy (non-hydrogen) atoms. The van der Waals surface area contributed by atoms with Crippen LogP contribution in [0.1, 0.15) is 46.6 Å². The molecule has 0 aromatic heterocycles. The first-order valence-corrected chi connectivity index (χ1v) is 8.98. The van der Waals surface area contributed by atoms with Gasteiger partial charge in [0.2, 0.25) is 0 Å². The average molecular weight is 355 g/mol. The van der Waals surface area contributed by atoms with E-state index in [9.17, 15) is 0 Å². The van der Waals surface area contributed by atoms with Gasteiger partial charge in [0, 0.05) is 16.1 Å². The highest BCUT2D eigenvalue weighted by Gasteiger charge is 2.33. The van der Waals surface area contributed by atoms with E-state index in [1.165, 1.54) is 16.5 Å². The van der Waals surface area contributed by atoms with E-state index < -0.39 is 0 Å². The second kappa shape index (κ2) is 8.92. The SMILES string of the molecule is CCCNC(Cc1ccccc1Br)C(C)(C)N(CC)CC. The minimum absolute atomic E-state index is 0.133. The molecule has 0 aliphatic rings. The van der Waals surface area contributed by atoms with E-state index in [1.807, 2.05) is 0 Å². The predicted molar refractivity (Wildman–Crippen MR) is 96.9 cm³/mol. The number of rotatable bonds is 9. The maximum atomic E-state index is 3.77. The molecule has 1 N–H and O–H groups in total. The molecule has 0 bridgehead atoms. The lowest BCUT2D eigenvalue weighted by Crippen LogP contribution is -2.58. The molecule has 1 aromatic rings. The van der Waals surface area contributed by atoms with Gasteiger partial charge in [0.25, 0.3) is 0 Å². The Labute approximate surface area is 139 Å². The van der Waals surface area contributed by atoms with Crippen LogP contribution in [0.3, 0.4) is 0 Å². The average Bonchev–Trinajstić information content (AvgIpc) is 2.46. The molecule has 0 heterocycles. The summed E-state index contributed by atoms with van der Waals surface area (Å²) in [5, 5.41) is 3.77.